The summed E-state index contributed by atoms with van der Waals surface area (Å²) in [5, 5.41) is 0. The van der Waals surface area contributed by atoms with Crippen molar-refractivity contribution in [2.45, 2.75) is 38.3 Å². The van der Waals surface area contributed by atoms with E-state index in [1.807, 2.05) is 30.0 Å². The number of nitrogen functional groups attached to an aromatic ring is 1. The SMILES string of the molecule is Cc1cc(C(=O)N2CCC3CCC(C2)N3C)ccc1N. The number of likely N-dealkylation sites (tertiary alicyclic amines) is 1. The van der Waals surface area contributed by atoms with Crippen molar-refractivity contribution in [2.24, 2.45) is 0 Å². The first-order valence-corrected chi connectivity index (χ1v) is 7.43. The highest BCUT2D eigenvalue weighted by Gasteiger charge is 2.36. The van der Waals surface area contributed by atoms with Crippen LogP contribution in [-0.2, 0) is 0 Å². The van der Waals surface area contributed by atoms with Crippen molar-refractivity contribution in [3.63, 3.8) is 0 Å². The summed E-state index contributed by atoms with van der Waals surface area (Å²) < 4.78 is 0. The van der Waals surface area contributed by atoms with Gasteiger partial charge in [0, 0.05) is 36.4 Å². The number of nitrogens with two attached hydrogens (primary N) is 1. The molecular formula is C16H23N3O. The predicted molar refractivity (Wildman–Crippen MR) is 80.7 cm³/mol. The van der Waals surface area contributed by atoms with Gasteiger partial charge in [-0.25, -0.2) is 0 Å². The summed E-state index contributed by atoms with van der Waals surface area (Å²) in [6, 6.07) is 6.77. The molecule has 2 fully saturated rings. The molecule has 4 heteroatoms. The van der Waals surface area contributed by atoms with Crippen LogP contribution in [0, 0.1) is 6.92 Å². The fourth-order valence-electron chi connectivity index (χ4n) is 3.48. The number of likely N-dealkylation sites (N-methyl/N-ethyl adjacent to an activating group) is 1. The number of aryl methyl sites for hydroxylation is 1. The van der Waals surface area contributed by atoms with Crippen LogP contribution in [0.3, 0.4) is 0 Å². The maximum atomic E-state index is 12.7. The Morgan fingerprint density at radius 3 is 2.75 bits per heavy atom. The van der Waals surface area contributed by atoms with Crippen molar-refractivity contribution in [3.8, 4) is 0 Å². The zero-order valence-corrected chi connectivity index (χ0v) is 12.3. The molecular weight excluding hydrogens is 250 g/mol. The standard InChI is InChI=1S/C16H23N3O/c1-11-9-12(3-6-15(11)17)16(20)19-8-7-13-4-5-14(10-19)18(13)2/h3,6,9,13-14H,4-5,7-8,10,17H2,1-2H3. The number of anilines is 1. The van der Waals surface area contributed by atoms with Gasteiger partial charge < -0.3 is 10.6 Å². The van der Waals surface area contributed by atoms with Crippen LogP contribution < -0.4 is 5.73 Å². The van der Waals surface area contributed by atoms with Gasteiger partial charge in [0.2, 0.25) is 0 Å². The molecule has 2 atom stereocenters. The minimum Gasteiger partial charge on any atom is -0.399 e. The molecule has 4 nitrogen and oxygen atoms in total. The molecule has 2 saturated heterocycles. The lowest BCUT2D eigenvalue weighted by Crippen LogP contribution is -2.39. The second-order valence-corrected chi connectivity index (χ2v) is 6.16. The monoisotopic (exact) mass is 273 g/mol. The average molecular weight is 273 g/mol. The van der Waals surface area contributed by atoms with E-state index in [4.69, 9.17) is 5.73 Å². The van der Waals surface area contributed by atoms with Crippen LogP contribution in [0.25, 0.3) is 0 Å². The van der Waals surface area contributed by atoms with Crippen molar-refractivity contribution >= 4 is 11.6 Å². The molecule has 0 saturated carbocycles. The van der Waals surface area contributed by atoms with E-state index in [-0.39, 0.29) is 5.91 Å². The molecule has 2 N–H and O–H groups in total. The van der Waals surface area contributed by atoms with E-state index in [9.17, 15) is 4.79 Å². The quantitative estimate of drug-likeness (QED) is 0.795. The number of fused-ring (bicyclic) bond motifs is 2. The van der Waals surface area contributed by atoms with E-state index in [0.29, 0.717) is 12.1 Å². The van der Waals surface area contributed by atoms with E-state index >= 15 is 0 Å². The summed E-state index contributed by atoms with van der Waals surface area (Å²) >= 11 is 0. The van der Waals surface area contributed by atoms with E-state index in [1.54, 1.807) is 0 Å². The zero-order valence-electron chi connectivity index (χ0n) is 12.3. The minimum absolute atomic E-state index is 0.147. The third-order valence-electron chi connectivity index (χ3n) is 4.95. The van der Waals surface area contributed by atoms with Gasteiger partial charge >= 0.3 is 0 Å². The van der Waals surface area contributed by atoms with E-state index in [0.717, 1.165) is 36.3 Å². The molecule has 1 aromatic carbocycles. The fourth-order valence-corrected chi connectivity index (χ4v) is 3.48. The summed E-state index contributed by atoms with van der Waals surface area (Å²) in [5.74, 6) is 0.147. The lowest BCUT2D eigenvalue weighted by atomic mass is 10.1. The highest BCUT2D eigenvalue weighted by atomic mass is 16.2. The highest BCUT2D eigenvalue weighted by molar-refractivity contribution is 5.95. The number of benzene rings is 1. The number of rotatable bonds is 1. The molecule has 0 radical (unpaired) electrons. The van der Waals surface area contributed by atoms with Crippen molar-refractivity contribution in [2.75, 3.05) is 25.9 Å². The first-order chi connectivity index (χ1) is 9.56. The number of carbonyl (C=O) groups is 1. The summed E-state index contributed by atoms with van der Waals surface area (Å²) in [6.45, 7) is 3.67. The Morgan fingerprint density at radius 1 is 1.25 bits per heavy atom. The third-order valence-corrected chi connectivity index (χ3v) is 4.95. The van der Waals surface area contributed by atoms with E-state index in [1.165, 1.54) is 12.8 Å². The first-order valence-electron chi connectivity index (χ1n) is 7.43. The van der Waals surface area contributed by atoms with Crippen LogP contribution in [-0.4, -0.2) is 47.9 Å². The Bertz CT molecular complexity index is 528. The number of carbonyl (C=O) groups excluding carboxylic acids is 1. The number of amides is 1. The largest absolute Gasteiger partial charge is 0.399 e. The molecule has 0 spiro atoms. The normalized spacial score (nSPS) is 26.6. The van der Waals surface area contributed by atoms with Gasteiger partial charge in [-0.1, -0.05) is 0 Å². The van der Waals surface area contributed by atoms with Crippen LogP contribution in [0.5, 0.6) is 0 Å². The molecule has 2 heterocycles. The molecule has 3 rings (SSSR count). The molecule has 2 aliphatic heterocycles. The smallest absolute Gasteiger partial charge is 0.253 e. The molecule has 108 valence electrons. The van der Waals surface area contributed by atoms with Gasteiger partial charge in [0.25, 0.3) is 5.91 Å². The topological polar surface area (TPSA) is 49.6 Å². The van der Waals surface area contributed by atoms with E-state index in [2.05, 4.69) is 11.9 Å². The van der Waals surface area contributed by atoms with Gasteiger partial charge in [-0.05, 0) is 57.0 Å². The summed E-state index contributed by atoms with van der Waals surface area (Å²) in [6.07, 6.45) is 3.59. The van der Waals surface area contributed by atoms with Crippen molar-refractivity contribution in [1.82, 2.24) is 9.80 Å². The Labute approximate surface area is 120 Å². The number of hydrogen-bond donors (Lipinski definition) is 1. The molecule has 2 bridgehead atoms. The lowest BCUT2D eigenvalue weighted by molar-refractivity contribution is 0.0740. The van der Waals surface area contributed by atoms with Crippen LogP contribution in [0.4, 0.5) is 5.69 Å². The molecule has 1 aromatic rings. The fraction of sp³-hybridized carbons (Fsp3) is 0.562. The van der Waals surface area contributed by atoms with Gasteiger partial charge in [-0.2, -0.15) is 0 Å². The number of hydrogen-bond acceptors (Lipinski definition) is 3. The Balaban J connectivity index is 1.78. The van der Waals surface area contributed by atoms with Crippen LogP contribution in [0.1, 0.15) is 35.2 Å². The third kappa shape index (κ3) is 2.29. The van der Waals surface area contributed by atoms with E-state index < -0.39 is 0 Å². The molecule has 2 aliphatic rings. The highest BCUT2D eigenvalue weighted by Crippen LogP contribution is 2.29. The molecule has 0 aromatic heterocycles. The summed E-state index contributed by atoms with van der Waals surface area (Å²) in [7, 11) is 2.20. The van der Waals surface area contributed by atoms with Crippen molar-refractivity contribution in [1.29, 1.82) is 0 Å². The van der Waals surface area contributed by atoms with Crippen LogP contribution >= 0.6 is 0 Å². The van der Waals surface area contributed by atoms with Gasteiger partial charge in [0.1, 0.15) is 0 Å². The predicted octanol–water partition coefficient (Wildman–Crippen LogP) is 1.89. The van der Waals surface area contributed by atoms with Gasteiger partial charge in [-0.15, -0.1) is 0 Å². The van der Waals surface area contributed by atoms with Gasteiger partial charge in [0.05, 0.1) is 0 Å². The minimum atomic E-state index is 0.147. The molecule has 2 unspecified atom stereocenters. The van der Waals surface area contributed by atoms with Crippen molar-refractivity contribution in [3.05, 3.63) is 29.3 Å². The second kappa shape index (κ2) is 5.09. The van der Waals surface area contributed by atoms with Crippen LogP contribution in [0.15, 0.2) is 18.2 Å². The van der Waals surface area contributed by atoms with Gasteiger partial charge in [-0.3, -0.25) is 9.69 Å². The first kappa shape index (κ1) is 13.4. The molecule has 0 aliphatic carbocycles. The number of nitrogens with zero attached hydrogens (tertiary/aromatic N) is 2. The Kier molecular flexibility index (Phi) is 3.42. The molecule has 1 amide bonds. The van der Waals surface area contributed by atoms with Crippen molar-refractivity contribution < 1.29 is 4.79 Å². The summed E-state index contributed by atoms with van der Waals surface area (Å²) in [4.78, 5) is 17.1. The zero-order chi connectivity index (χ0) is 14.3. The lowest BCUT2D eigenvalue weighted by Gasteiger charge is -2.26. The molecule has 20 heavy (non-hydrogen) atoms. The Morgan fingerprint density at radius 2 is 2.00 bits per heavy atom. The maximum absolute atomic E-state index is 12.7. The van der Waals surface area contributed by atoms with Crippen LogP contribution in [0.2, 0.25) is 0 Å². The average Bonchev–Trinajstić information content (AvgIpc) is 2.66. The van der Waals surface area contributed by atoms with Gasteiger partial charge in [0.15, 0.2) is 0 Å². The maximum Gasteiger partial charge on any atom is 0.253 e. The summed E-state index contributed by atoms with van der Waals surface area (Å²) in [5.41, 5.74) is 8.31. The Hall–Kier alpha value is -1.55. The second-order valence-electron chi connectivity index (χ2n) is 6.16.